The van der Waals surface area contributed by atoms with Gasteiger partial charge in [-0.25, -0.2) is 16.8 Å². The highest BCUT2D eigenvalue weighted by Gasteiger charge is 2.32. The highest BCUT2D eigenvalue weighted by Crippen LogP contribution is 2.30. The van der Waals surface area contributed by atoms with Crippen molar-refractivity contribution >= 4 is 31.6 Å². The Labute approximate surface area is 290 Å². The molecule has 4 atom stereocenters. The number of hydrogen-bond donors (Lipinski definition) is 2. The van der Waals surface area contributed by atoms with Crippen molar-refractivity contribution in [2.45, 2.75) is 68.1 Å². The van der Waals surface area contributed by atoms with Gasteiger partial charge in [0.2, 0.25) is 10.0 Å². The lowest BCUT2D eigenvalue weighted by atomic mass is 10.0. The number of aliphatic hydroxyl groups is 1. The van der Waals surface area contributed by atoms with Gasteiger partial charge in [0.1, 0.15) is 11.5 Å². The lowest BCUT2D eigenvalue weighted by Crippen LogP contribution is -2.48. The molecule has 3 aromatic rings. The van der Waals surface area contributed by atoms with Crippen molar-refractivity contribution in [2.75, 3.05) is 45.2 Å². The molecule has 1 amide bonds. The van der Waals surface area contributed by atoms with Gasteiger partial charge in [0.25, 0.3) is 15.9 Å². The number of carbonyl (C=O) groups excluding carboxylic acids is 1. The number of fused-ring (bicyclic) bond motifs is 1. The molecule has 0 aliphatic carbocycles. The van der Waals surface area contributed by atoms with Gasteiger partial charge in [0.05, 0.1) is 47.3 Å². The number of aliphatic hydroxyl groups excluding tert-OH is 1. The average molecular weight is 718 g/mol. The fraction of sp³-hybridized carbons (Fsp3) is 0.457. The van der Waals surface area contributed by atoms with Gasteiger partial charge < -0.3 is 24.2 Å². The maximum Gasteiger partial charge on any atom is 0.261 e. The van der Waals surface area contributed by atoms with E-state index in [0.29, 0.717) is 25.2 Å². The normalized spacial score (nSPS) is 20.5. The molecule has 49 heavy (non-hydrogen) atoms. The van der Waals surface area contributed by atoms with E-state index in [2.05, 4.69) is 4.72 Å². The summed E-state index contributed by atoms with van der Waals surface area (Å²) < 4.78 is 74.8. The van der Waals surface area contributed by atoms with Crippen LogP contribution in [0.15, 0.2) is 82.6 Å². The van der Waals surface area contributed by atoms with E-state index >= 15 is 0 Å². The third-order valence-electron chi connectivity index (χ3n) is 8.56. The van der Waals surface area contributed by atoms with Crippen LogP contribution >= 0.6 is 0 Å². The molecule has 1 heterocycles. The molecule has 14 heteroatoms. The first kappa shape index (κ1) is 38.1. The molecule has 0 fully saturated rings. The lowest BCUT2D eigenvalue weighted by molar-refractivity contribution is -0.00833. The summed E-state index contributed by atoms with van der Waals surface area (Å²) in [6.07, 6.45) is 1.24. The first-order valence-electron chi connectivity index (χ1n) is 16.3. The summed E-state index contributed by atoms with van der Waals surface area (Å²) in [5, 5.41) is 10.2. The Morgan fingerprint density at radius 1 is 1.00 bits per heavy atom. The molecule has 2 N–H and O–H groups in total. The Morgan fingerprint density at radius 2 is 1.69 bits per heavy atom. The van der Waals surface area contributed by atoms with Crippen LogP contribution in [0.1, 0.15) is 50.4 Å². The van der Waals surface area contributed by atoms with E-state index in [1.807, 2.05) is 13.8 Å². The van der Waals surface area contributed by atoms with Crippen molar-refractivity contribution in [1.29, 1.82) is 0 Å². The Morgan fingerprint density at radius 3 is 2.35 bits per heavy atom. The minimum absolute atomic E-state index is 0.0204. The first-order chi connectivity index (χ1) is 23.3. The molecule has 1 aliphatic heterocycles. The average Bonchev–Trinajstić information content (AvgIpc) is 3.09. The Hall–Kier alpha value is -3.69. The van der Waals surface area contributed by atoms with Crippen LogP contribution in [0.5, 0.6) is 11.5 Å². The minimum atomic E-state index is -3.95. The first-order valence-corrected chi connectivity index (χ1v) is 19.2. The van der Waals surface area contributed by atoms with Gasteiger partial charge in [-0.2, -0.15) is 4.31 Å². The van der Waals surface area contributed by atoms with Crippen molar-refractivity contribution in [3.05, 3.63) is 78.4 Å². The molecular weight excluding hydrogens is 671 g/mol. The zero-order chi connectivity index (χ0) is 35.8. The molecule has 0 aromatic heterocycles. The molecule has 0 saturated carbocycles. The number of ether oxygens (including phenoxy) is 3. The second-order valence-electron chi connectivity index (χ2n) is 12.4. The second-order valence-corrected chi connectivity index (χ2v) is 16.1. The minimum Gasteiger partial charge on any atom is -0.497 e. The number of nitrogens with one attached hydrogen (secondary N) is 1. The summed E-state index contributed by atoms with van der Waals surface area (Å²) in [7, 11) is -4.82. The van der Waals surface area contributed by atoms with E-state index in [1.165, 1.54) is 53.7 Å². The number of likely N-dealkylation sites (N-methyl/N-ethyl adjacent to an activating group) is 1. The smallest absolute Gasteiger partial charge is 0.261 e. The predicted molar refractivity (Wildman–Crippen MR) is 187 cm³/mol. The number of methoxy groups -OCH3 is 1. The van der Waals surface area contributed by atoms with E-state index in [4.69, 9.17) is 14.2 Å². The van der Waals surface area contributed by atoms with Crippen LogP contribution in [0.25, 0.3) is 0 Å². The molecule has 3 aromatic carbocycles. The predicted octanol–water partition coefficient (Wildman–Crippen LogP) is 4.61. The van der Waals surface area contributed by atoms with Crippen molar-refractivity contribution in [1.82, 2.24) is 9.21 Å². The van der Waals surface area contributed by atoms with Crippen LogP contribution in [0.4, 0.5) is 5.69 Å². The van der Waals surface area contributed by atoms with Crippen LogP contribution < -0.4 is 14.2 Å². The fourth-order valence-electron chi connectivity index (χ4n) is 5.54. The maximum absolute atomic E-state index is 14.4. The number of sulfonamides is 2. The number of hydrogen-bond acceptors (Lipinski definition) is 9. The third-order valence-corrected chi connectivity index (χ3v) is 11.8. The van der Waals surface area contributed by atoms with Crippen molar-refractivity contribution in [3.63, 3.8) is 0 Å². The summed E-state index contributed by atoms with van der Waals surface area (Å²) in [5.41, 5.74) is 0.297. The van der Waals surface area contributed by atoms with E-state index in [0.717, 1.165) is 6.42 Å². The van der Waals surface area contributed by atoms with E-state index in [9.17, 15) is 26.7 Å². The largest absolute Gasteiger partial charge is 0.497 e. The van der Waals surface area contributed by atoms with Gasteiger partial charge >= 0.3 is 0 Å². The van der Waals surface area contributed by atoms with Gasteiger partial charge in [0.15, 0.2) is 0 Å². The molecule has 268 valence electrons. The van der Waals surface area contributed by atoms with E-state index in [1.54, 1.807) is 49.4 Å². The van der Waals surface area contributed by atoms with Gasteiger partial charge in [-0.05, 0) is 87.7 Å². The summed E-state index contributed by atoms with van der Waals surface area (Å²) in [4.78, 5) is 16.0. The van der Waals surface area contributed by atoms with Crippen molar-refractivity contribution in [3.8, 4) is 11.5 Å². The van der Waals surface area contributed by atoms with Crippen LogP contribution in [0.3, 0.4) is 0 Å². The van der Waals surface area contributed by atoms with Crippen LogP contribution in [0.2, 0.25) is 0 Å². The summed E-state index contributed by atoms with van der Waals surface area (Å²) in [5.74, 6) is -0.0312. The number of carbonyl (C=O) groups is 1. The molecule has 4 rings (SSSR count). The monoisotopic (exact) mass is 717 g/mol. The van der Waals surface area contributed by atoms with Crippen molar-refractivity contribution < 1.29 is 40.9 Å². The number of rotatable bonds is 10. The Bertz CT molecular complexity index is 1750. The zero-order valence-corrected chi connectivity index (χ0v) is 30.2. The Kier molecular flexibility index (Phi) is 13.1. The molecule has 0 radical (unpaired) electrons. The second kappa shape index (κ2) is 16.8. The van der Waals surface area contributed by atoms with Gasteiger partial charge in [-0.1, -0.05) is 25.1 Å². The van der Waals surface area contributed by atoms with Gasteiger partial charge in [0, 0.05) is 38.3 Å². The molecule has 0 bridgehead atoms. The van der Waals surface area contributed by atoms with E-state index < -0.39 is 38.1 Å². The molecule has 0 saturated heterocycles. The standard InChI is InChI=1S/C35H47N3O9S2/c1-25-22-38(26(2)24-39)35(40)32-21-28(36-48(41,42)30-12-7-6-8-13-30)14-19-33(32)47-27(3)11-9-10-20-46-34(25)23-37(4)49(43,44)31-17-15-29(45-5)16-18-31/h6-8,12-19,21,25-27,34,36,39H,9-11,20,22-24H2,1-5H3/t25-,26-,27+,34-/m1/s1. The zero-order valence-electron chi connectivity index (χ0n) is 28.6. The SMILES string of the molecule is COc1ccc(S(=O)(=O)N(C)C[C@H]2OCCCC[C@H](C)Oc3ccc(NS(=O)(=O)c4ccccc4)cc3C(=O)N([C@H](C)CO)C[C@H]2C)cc1. The number of nitrogens with zero attached hydrogens (tertiary/aromatic N) is 2. The topological polar surface area (TPSA) is 152 Å². The highest BCUT2D eigenvalue weighted by molar-refractivity contribution is 7.92. The summed E-state index contributed by atoms with van der Waals surface area (Å²) >= 11 is 0. The summed E-state index contributed by atoms with van der Waals surface area (Å²) in [6.45, 7) is 5.63. The number of anilines is 1. The molecule has 0 unspecified atom stereocenters. The number of benzene rings is 3. The fourth-order valence-corrected chi connectivity index (χ4v) is 7.80. The highest BCUT2D eigenvalue weighted by atomic mass is 32.2. The van der Waals surface area contributed by atoms with Crippen LogP contribution in [-0.2, 0) is 24.8 Å². The third kappa shape index (κ3) is 9.73. The number of amides is 1. The molecule has 12 nitrogen and oxygen atoms in total. The van der Waals surface area contributed by atoms with Crippen LogP contribution in [-0.4, -0.2) is 95.8 Å². The Balaban J connectivity index is 1.66. The summed E-state index contributed by atoms with van der Waals surface area (Å²) in [6, 6.07) is 18.0. The van der Waals surface area contributed by atoms with Gasteiger partial charge in [-0.15, -0.1) is 0 Å². The lowest BCUT2D eigenvalue weighted by Gasteiger charge is -2.35. The molecule has 0 spiro atoms. The quantitative estimate of drug-likeness (QED) is 0.306. The molecule has 1 aliphatic rings. The van der Waals surface area contributed by atoms with E-state index in [-0.39, 0.29) is 58.5 Å². The van der Waals surface area contributed by atoms with Crippen molar-refractivity contribution in [2.24, 2.45) is 5.92 Å². The van der Waals surface area contributed by atoms with Gasteiger partial charge in [-0.3, -0.25) is 9.52 Å². The molecular formula is C35H47N3O9S2. The van der Waals surface area contributed by atoms with Crippen LogP contribution in [0, 0.1) is 5.92 Å². The maximum atomic E-state index is 14.4.